The largest absolute Gasteiger partial charge is 0.347 e. The number of hydrogen-bond acceptors (Lipinski definition) is 5. The van der Waals surface area contributed by atoms with Crippen LogP contribution in [0.3, 0.4) is 0 Å². The zero-order valence-electron chi connectivity index (χ0n) is 16.9. The average molecular weight is 403 g/mol. The fourth-order valence-electron chi connectivity index (χ4n) is 4.77. The fraction of sp³-hybridized carbons (Fsp3) is 0.391. The van der Waals surface area contributed by atoms with Crippen LogP contribution in [-0.2, 0) is 11.2 Å². The van der Waals surface area contributed by atoms with Gasteiger partial charge in [0.2, 0.25) is 11.9 Å². The highest BCUT2D eigenvalue weighted by Crippen LogP contribution is 2.38. The van der Waals surface area contributed by atoms with Crippen LogP contribution in [0.15, 0.2) is 61.4 Å². The average Bonchev–Trinajstić information content (AvgIpc) is 3.35. The summed E-state index contributed by atoms with van der Waals surface area (Å²) in [5.74, 6) is 0.913. The summed E-state index contributed by atoms with van der Waals surface area (Å²) in [7, 11) is 0. The molecule has 0 unspecified atom stereocenters. The number of nitrogens with zero attached hydrogens (tertiary/aromatic N) is 5. The highest BCUT2D eigenvalue weighted by molar-refractivity contribution is 5.79. The fourth-order valence-corrected chi connectivity index (χ4v) is 4.77. The number of hydrogen-bond donors (Lipinski definition) is 1. The van der Waals surface area contributed by atoms with E-state index in [1.165, 1.54) is 11.1 Å². The van der Waals surface area contributed by atoms with Crippen molar-refractivity contribution >= 4 is 11.9 Å². The van der Waals surface area contributed by atoms with Crippen LogP contribution in [-0.4, -0.2) is 38.5 Å². The normalized spacial score (nSPS) is 21.8. The molecule has 0 saturated carbocycles. The minimum Gasteiger partial charge on any atom is -0.347 e. The van der Waals surface area contributed by atoms with Gasteiger partial charge in [0.15, 0.2) is 0 Å². The highest BCUT2D eigenvalue weighted by atomic mass is 16.2. The molecule has 0 spiro atoms. The van der Waals surface area contributed by atoms with E-state index >= 15 is 0 Å². The number of aryl methyl sites for hydroxylation is 1. The van der Waals surface area contributed by atoms with E-state index in [-0.39, 0.29) is 23.9 Å². The Morgan fingerprint density at radius 2 is 1.80 bits per heavy atom. The van der Waals surface area contributed by atoms with Crippen molar-refractivity contribution in [3.8, 4) is 0 Å². The second kappa shape index (κ2) is 8.26. The van der Waals surface area contributed by atoms with Gasteiger partial charge in [-0.3, -0.25) is 4.79 Å². The van der Waals surface area contributed by atoms with Gasteiger partial charge in [-0.25, -0.2) is 15.0 Å². The predicted molar refractivity (Wildman–Crippen MR) is 114 cm³/mol. The van der Waals surface area contributed by atoms with Crippen LogP contribution in [0.2, 0.25) is 0 Å². The Kier molecular flexibility index (Phi) is 5.17. The summed E-state index contributed by atoms with van der Waals surface area (Å²) in [5.41, 5.74) is 2.56. The monoisotopic (exact) mass is 402 g/mol. The van der Waals surface area contributed by atoms with E-state index in [4.69, 9.17) is 0 Å². The summed E-state index contributed by atoms with van der Waals surface area (Å²) in [5, 5.41) is 3.40. The maximum absolute atomic E-state index is 13.2. The Morgan fingerprint density at radius 3 is 2.57 bits per heavy atom. The Morgan fingerprint density at radius 1 is 1.00 bits per heavy atom. The van der Waals surface area contributed by atoms with E-state index < -0.39 is 0 Å². The zero-order chi connectivity index (χ0) is 20.3. The molecule has 3 aromatic rings. The number of imidazole rings is 1. The molecule has 1 saturated heterocycles. The molecule has 1 aliphatic heterocycles. The SMILES string of the molecule is O=C(N[C@@H]1c2ccccc2CC[C@H]1n1ccnc1)C1CCN(c2ncccn2)CC1. The Bertz CT molecular complexity index is 982. The van der Waals surface area contributed by atoms with Gasteiger partial charge in [-0.2, -0.15) is 0 Å². The van der Waals surface area contributed by atoms with E-state index in [0.29, 0.717) is 0 Å². The number of piperidine rings is 1. The third kappa shape index (κ3) is 3.67. The van der Waals surface area contributed by atoms with Gasteiger partial charge in [-0.15, -0.1) is 0 Å². The van der Waals surface area contributed by atoms with Crippen LogP contribution in [0.5, 0.6) is 0 Å². The van der Waals surface area contributed by atoms with Crippen LogP contribution < -0.4 is 10.2 Å². The van der Waals surface area contributed by atoms with Gasteiger partial charge in [0.25, 0.3) is 0 Å². The molecule has 154 valence electrons. The molecule has 2 aliphatic rings. The lowest BCUT2D eigenvalue weighted by atomic mass is 9.83. The first kappa shape index (κ1) is 18.8. The molecular formula is C23H26N6O. The molecule has 1 amide bonds. The maximum atomic E-state index is 13.2. The van der Waals surface area contributed by atoms with Crippen molar-refractivity contribution in [3.05, 3.63) is 72.6 Å². The number of aromatic nitrogens is 4. The standard InChI is InChI=1S/C23H26N6O/c30-22(18-8-13-28(14-9-18)23-25-10-3-11-26-23)27-21-19-5-2-1-4-17(19)6-7-20(21)29-15-12-24-16-29/h1-5,10-12,15-16,18,20-21H,6-9,13-14H2,(H,27,30)/t20-,21-/m1/s1. The van der Waals surface area contributed by atoms with Crippen molar-refractivity contribution in [2.24, 2.45) is 5.92 Å². The number of nitrogens with one attached hydrogen (secondary N) is 1. The molecule has 7 nitrogen and oxygen atoms in total. The summed E-state index contributed by atoms with van der Waals surface area (Å²) in [6.07, 6.45) is 12.8. The third-order valence-corrected chi connectivity index (χ3v) is 6.39. The minimum absolute atomic E-state index is 0.0162. The summed E-state index contributed by atoms with van der Waals surface area (Å²) in [4.78, 5) is 28.3. The molecule has 0 radical (unpaired) electrons. The molecule has 1 aromatic carbocycles. The smallest absolute Gasteiger partial charge is 0.225 e. The van der Waals surface area contributed by atoms with Crippen molar-refractivity contribution in [1.82, 2.24) is 24.8 Å². The van der Waals surface area contributed by atoms with Gasteiger partial charge in [0, 0.05) is 43.8 Å². The van der Waals surface area contributed by atoms with Crippen LogP contribution in [0, 0.1) is 5.92 Å². The Labute approximate surface area is 176 Å². The Balaban J connectivity index is 1.30. The van der Waals surface area contributed by atoms with Gasteiger partial charge >= 0.3 is 0 Å². The van der Waals surface area contributed by atoms with Crippen LogP contribution >= 0.6 is 0 Å². The van der Waals surface area contributed by atoms with E-state index in [9.17, 15) is 4.79 Å². The van der Waals surface area contributed by atoms with Gasteiger partial charge in [0.1, 0.15) is 0 Å². The predicted octanol–water partition coefficient (Wildman–Crippen LogP) is 2.93. The van der Waals surface area contributed by atoms with Crippen LogP contribution in [0.25, 0.3) is 0 Å². The van der Waals surface area contributed by atoms with Crippen LogP contribution in [0.4, 0.5) is 5.95 Å². The molecule has 1 aliphatic carbocycles. The molecule has 2 atom stereocenters. The van der Waals surface area contributed by atoms with Gasteiger partial charge in [-0.1, -0.05) is 24.3 Å². The first-order valence-corrected chi connectivity index (χ1v) is 10.7. The highest BCUT2D eigenvalue weighted by Gasteiger charge is 2.34. The van der Waals surface area contributed by atoms with E-state index in [1.807, 2.05) is 18.6 Å². The van der Waals surface area contributed by atoms with Crippen molar-refractivity contribution in [2.75, 3.05) is 18.0 Å². The number of fused-ring (bicyclic) bond motifs is 1. The zero-order valence-corrected chi connectivity index (χ0v) is 16.9. The lowest BCUT2D eigenvalue weighted by Gasteiger charge is -2.37. The summed E-state index contributed by atoms with van der Waals surface area (Å²) >= 11 is 0. The third-order valence-electron chi connectivity index (χ3n) is 6.39. The van der Waals surface area contributed by atoms with E-state index in [0.717, 1.165) is 44.7 Å². The lowest BCUT2D eigenvalue weighted by Crippen LogP contribution is -2.44. The molecule has 2 aromatic heterocycles. The maximum Gasteiger partial charge on any atom is 0.225 e. The molecule has 1 N–H and O–H groups in total. The van der Waals surface area contributed by atoms with E-state index in [1.54, 1.807) is 18.6 Å². The van der Waals surface area contributed by atoms with Gasteiger partial charge in [0.05, 0.1) is 18.4 Å². The molecular weight excluding hydrogens is 376 g/mol. The molecule has 1 fully saturated rings. The number of rotatable bonds is 4. The summed E-state index contributed by atoms with van der Waals surface area (Å²) in [6, 6.07) is 10.4. The second-order valence-electron chi connectivity index (χ2n) is 8.11. The van der Waals surface area contributed by atoms with Gasteiger partial charge < -0.3 is 14.8 Å². The summed E-state index contributed by atoms with van der Waals surface area (Å²) < 4.78 is 2.14. The number of carbonyl (C=O) groups excluding carboxylic acids is 1. The van der Waals surface area contributed by atoms with E-state index in [2.05, 4.69) is 54.0 Å². The first-order chi connectivity index (χ1) is 14.8. The topological polar surface area (TPSA) is 75.9 Å². The van der Waals surface area contributed by atoms with Crippen LogP contribution in [0.1, 0.15) is 42.5 Å². The lowest BCUT2D eigenvalue weighted by molar-refractivity contribution is -0.126. The summed E-state index contributed by atoms with van der Waals surface area (Å²) in [6.45, 7) is 1.60. The van der Waals surface area contributed by atoms with Gasteiger partial charge in [-0.05, 0) is 42.9 Å². The minimum atomic E-state index is -0.0351. The molecule has 5 rings (SSSR count). The van der Waals surface area contributed by atoms with Crippen molar-refractivity contribution in [3.63, 3.8) is 0 Å². The quantitative estimate of drug-likeness (QED) is 0.726. The number of carbonyl (C=O) groups is 1. The van der Waals surface area contributed by atoms with Crippen molar-refractivity contribution in [2.45, 2.75) is 37.8 Å². The number of amides is 1. The molecule has 3 heterocycles. The molecule has 0 bridgehead atoms. The first-order valence-electron chi connectivity index (χ1n) is 10.7. The van der Waals surface area contributed by atoms with Crippen molar-refractivity contribution < 1.29 is 4.79 Å². The number of benzene rings is 1. The van der Waals surface area contributed by atoms with Crippen molar-refractivity contribution in [1.29, 1.82) is 0 Å². The molecule has 7 heteroatoms. The molecule has 30 heavy (non-hydrogen) atoms. The Hall–Kier alpha value is -3.22. The number of anilines is 1. The second-order valence-corrected chi connectivity index (χ2v) is 8.11.